The molecule has 0 radical (unpaired) electrons. The van der Waals surface area contributed by atoms with E-state index in [1.54, 1.807) is 31.2 Å². The van der Waals surface area contributed by atoms with E-state index in [2.05, 4.69) is 5.32 Å². The Labute approximate surface area is 185 Å². The van der Waals surface area contributed by atoms with Crippen LogP contribution in [0.25, 0.3) is 0 Å². The Morgan fingerprint density at radius 2 is 2.10 bits per heavy atom. The monoisotopic (exact) mass is 453 g/mol. The van der Waals surface area contributed by atoms with E-state index in [-0.39, 0.29) is 35.7 Å². The molecule has 1 fully saturated rings. The summed E-state index contributed by atoms with van der Waals surface area (Å²) in [6.45, 7) is 2.98. The van der Waals surface area contributed by atoms with Gasteiger partial charge in [0, 0.05) is 29.3 Å². The van der Waals surface area contributed by atoms with Crippen LogP contribution in [0.2, 0.25) is 0 Å². The number of rotatable bonds is 9. The minimum Gasteiger partial charge on any atom is -0.494 e. The lowest BCUT2D eigenvalue weighted by molar-refractivity contribution is -0.138. The summed E-state index contributed by atoms with van der Waals surface area (Å²) in [6.07, 6.45) is 0.316. The molecule has 2 aromatic carbocycles. The first kappa shape index (κ1) is 24.2. The molecule has 1 heterocycles. The largest absolute Gasteiger partial charge is 0.494 e. The van der Waals surface area contributed by atoms with Gasteiger partial charge in [0.15, 0.2) is 17.6 Å². The van der Waals surface area contributed by atoms with Crippen LogP contribution in [-0.2, 0) is 9.53 Å². The predicted molar refractivity (Wildman–Crippen MR) is 116 cm³/mol. The van der Waals surface area contributed by atoms with Crippen molar-refractivity contribution in [1.82, 2.24) is 0 Å². The molecule has 1 saturated heterocycles. The fraction of sp³-hybridized carbons (Fsp3) is 0.333. The number of carboxylic acids is 1. The van der Waals surface area contributed by atoms with Crippen LogP contribution >= 0.6 is 12.4 Å². The van der Waals surface area contributed by atoms with Crippen molar-refractivity contribution in [3.8, 4) is 11.5 Å². The number of anilines is 1. The Hall–Kier alpha value is -3.04. The van der Waals surface area contributed by atoms with Gasteiger partial charge in [0.1, 0.15) is 17.7 Å². The Morgan fingerprint density at radius 3 is 2.65 bits per heavy atom. The third kappa shape index (κ3) is 5.99. The zero-order valence-electron chi connectivity index (χ0n) is 16.9. The van der Waals surface area contributed by atoms with Crippen LogP contribution < -0.4 is 20.5 Å². The molecule has 31 heavy (non-hydrogen) atoms. The molecule has 0 aromatic heterocycles. The molecule has 10 heteroatoms. The van der Waals surface area contributed by atoms with Gasteiger partial charge in [-0.1, -0.05) is 0 Å². The smallest absolute Gasteiger partial charge is 0.330 e. The second-order valence-electron chi connectivity index (χ2n) is 6.77. The molecule has 1 unspecified atom stereocenters. The van der Waals surface area contributed by atoms with Gasteiger partial charge < -0.3 is 30.4 Å². The molecule has 8 nitrogen and oxygen atoms in total. The number of aliphatic carboxylic acids is 1. The number of ether oxygens (including phenoxy) is 3. The first-order valence-corrected chi connectivity index (χ1v) is 9.53. The number of carbonyl (C=O) groups is 1. The van der Waals surface area contributed by atoms with Crippen molar-refractivity contribution >= 4 is 29.9 Å². The van der Waals surface area contributed by atoms with E-state index in [1.807, 2.05) is 0 Å². The molecule has 2 aromatic rings. The van der Waals surface area contributed by atoms with Crippen LogP contribution in [0.4, 0.5) is 10.1 Å². The van der Waals surface area contributed by atoms with Crippen molar-refractivity contribution in [2.75, 3.05) is 25.1 Å². The van der Waals surface area contributed by atoms with Crippen molar-refractivity contribution in [3.05, 3.63) is 53.3 Å². The van der Waals surface area contributed by atoms with E-state index in [9.17, 15) is 9.90 Å². The molecule has 5 N–H and O–H groups in total. The van der Waals surface area contributed by atoms with Crippen molar-refractivity contribution in [2.45, 2.75) is 25.5 Å². The highest BCUT2D eigenvalue weighted by Crippen LogP contribution is 2.34. The summed E-state index contributed by atoms with van der Waals surface area (Å²) < 4.78 is 31.7. The lowest BCUT2D eigenvalue weighted by atomic mass is 10.0. The normalized spacial score (nSPS) is 16.1. The van der Waals surface area contributed by atoms with Gasteiger partial charge in [-0.3, -0.25) is 5.41 Å². The summed E-state index contributed by atoms with van der Waals surface area (Å²) in [6, 6.07) is 7.68. The summed E-state index contributed by atoms with van der Waals surface area (Å²) in [5.41, 5.74) is 6.25. The number of nitrogen functional groups attached to an aromatic ring is 1. The fourth-order valence-electron chi connectivity index (χ4n) is 3.11. The van der Waals surface area contributed by atoms with E-state index >= 15 is 4.39 Å². The number of amidine groups is 1. The van der Waals surface area contributed by atoms with Gasteiger partial charge in [-0.2, -0.15) is 0 Å². The van der Waals surface area contributed by atoms with E-state index in [0.717, 1.165) is 0 Å². The zero-order chi connectivity index (χ0) is 21.7. The fourth-order valence-corrected chi connectivity index (χ4v) is 3.11. The Kier molecular flexibility index (Phi) is 8.47. The maximum atomic E-state index is 15.3. The lowest BCUT2D eigenvalue weighted by Gasteiger charge is -2.21. The van der Waals surface area contributed by atoms with Gasteiger partial charge in [-0.15, -0.1) is 12.4 Å². The standard InChI is InChI=1S/C21H24FN3O5.ClH/c1-2-29-15-9-16(18(22)17(10-15)30-14-7-8-28-11-14)19(21(26)27)25-13-5-3-12(4-6-13)20(23)24;/h3-6,9-10,14,19,25H,2,7-8,11H2,1H3,(H3,23,24)(H,26,27);1H/t14-,19?;/m0./s1. The highest BCUT2D eigenvalue weighted by atomic mass is 35.5. The molecule has 0 bridgehead atoms. The minimum atomic E-state index is -1.39. The lowest BCUT2D eigenvalue weighted by Crippen LogP contribution is -2.23. The second-order valence-corrected chi connectivity index (χ2v) is 6.77. The van der Waals surface area contributed by atoms with Gasteiger partial charge in [0.2, 0.25) is 0 Å². The molecule has 1 aliphatic rings. The topological polar surface area (TPSA) is 127 Å². The van der Waals surface area contributed by atoms with Gasteiger partial charge in [0.25, 0.3) is 0 Å². The van der Waals surface area contributed by atoms with E-state index in [1.165, 1.54) is 12.1 Å². The highest BCUT2D eigenvalue weighted by Gasteiger charge is 2.28. The van der Waals surface area contributed by atoms with Crippen molar-refractivity contribution in [2.24, 2.45) is 5.73 Å². The molecule has 0 spiro atoms. The third-order valence-electron chi connectivity index (χ3n) is 4.60. The van der Waals surface area contributed by atoms with Crippen LogP contribution in [0.3, 0.4) is 0 Å². The Bertz CT molecular complexity index is 920. The molecule has 3 rings (SSSR count). The van der Waals surface area contributed by atoms with E-state index in [4.69, 9.17) is 25.4 Å². The van der Waals surface area contributed by atoms with Crippen LogP contribution in [0.5, 0.6) is 11.5 Å². The van der Waals surface area contributed by atoms with Crippen molar-refractivity contribution in [3.63, 3.8) is 0 Å². The SMILES string of the molecule is CCOc1cc(O[C@H]2CCOC2)c(F)c(C(Nc2ccc(C(=N)N)cc2)C(=O)O)c1.Cl. The first-order valence-electron chi connectivity index (χ1n) is 9.53. The maximum Gasteiger partial charge on any atom is 0.330 e. The summed E-state index contributed by atoms with van der Waals surface area (Å²) >= 11 is 0. The summed E-state index contributed by atoms with van der Waals surface area (Å²) in [5, 5.41) is 20.0. The molecule has 0 amide bonds. The summed E-state index contributed by atoms with van der Waals surface area (Å²) in [7, 11) is 0. The Balaban J connectivity index is 0.00000341. The van der Waals surface area contributed by atoms with Gasteiger partial charge in [0.05, 0.1) is 19.8 Å². The number of nitrogens with two attached hydrogens (primary N) is 1. The zero-order valence-corrected chi connectivity index (χ0v) is 17.7. The van der Waals surface area contributed by atoms with E-state index < -0.39 is 17.8 Å². The number of benzene rings is 2. The highest BCUT2D eigenvalue weighted by molar-refractivity contribution is 5.95. The maximum absolute atomic E-state index is 15.3. The molecule has 0 aliphatic carbocycles. The third-order valence-corrected chi connectivity index (χ3v) is 4.60. The average Bonchev–Trinajstić information content (AvgIpc) is 3.22. The Morgan fingerprint density at radius 1 is 1.39 bits per heavy atom. The van der Waals surface area contributed by atoms with Crippen molar-refractivity contribution < 1.29 is 28.5 Å². The summed E-state index contributed by atoms with van der Waals surface area (Å²) in [4.78, 5) is 12.0. The number of hydrogen-bond acceptors (Lipinski definition) is 6. The van der Waals surface area contributed by atoms with Gasteiger partial charge >= 0.3 is 5.97 Å². The van der Waals surface area contributed by atoms with Crippen molar-refractivity contribution in [1.29, 1.82) is 5.41 Å². The van der Waals surface area contributed by atoms with Crippen LogP contribution in [-0.4, -0.2) is 42.8 Å². The molecular formula is C21H25ClFN3O5. The first-order chi connectivity index (χ1) is 14.4. The van der Waals surface area contributed by atoms with Gasteiger partial charge in [-0.05, 0) is 37.3 Å². The average molecular weight is 454 g/mol. The molecular weight excluding hydrogens is 429 g/mol. The quantitative estimate of drug-likeness (QED) is 0.338. The van der Waals surface area contributed by atoms with Crippen LogP contribution in [0.15, 0.2) is 36.4 Å². The van der Waals surface area contributed by atoms with Crippen LogP contribution in [0, 0.1) is 11.2 Å². The number of nitrogens with one attached hydrogen (secondary N) is 2. The molecule has 0 saturated carbocycles. The molecule has 2 atom stereocenters. The second kappa shape index (κ2) is 10.8. The predicted octanol–water partition coefficient (Wildman–Crippen LogP) is 3.34. The van der Waals surface area contributed by atoms with E-state index in [0.29, 0.717) is 43.2 Å². The molecule has 168 valence electrons. The molecule has 1 aliphatic heterocycles. The summed E-state index contributed by atoms with van der Waals surface area (Å²) in [5.74, 6) is -1.92. The minimum absolute atomic E-state index is 0. The van der Waals surface area contributed by atoms with Crippen LogP contribution in [0.1, 0.15) is 30.5 Å². The number of halogens is 2. The number of carboxylic acid groups (broad SMARTS) is 1. The number of hydrogen-bond donors (Lipinski definition) is 4. The van der Waals surface area contributed by atoms with Gasteiger partial charge in [-0.25, -0.2) is 9.18 Å².